The summed E-state index contributed by atoms with van der Waals surface area (Å²) in [4.78, 5) is 29.4. The molecule has 0 saturated carbocycles. The van der Waals surface area contributed by atoms with E-state index in [1.807, 2.05) is 58.0 Å². The Morgan fingerprint density at radius 2 is 1.81 bits per heavy atom. The highest BCUT2D eigenvalue weighted by Gasteiger charge is 2.16. The first-order chi connectivity index (χ1) is 12.8. The summed E-state index contributed by atoms with van der Waals surface area (Å²) < 4.78 is 7.02. The quantitative estimate of drug-likeness (QED) is 0.753. The van der Waals surface area contributed by atoms with Crippen molar-refractivity contribution in [1.82, 2.24) is 14.7 Å². The molecule has 1 amide bonds. The minimum Gasteiger partial charge on any atom is -0.491 e. The maximum absolute atomic E-state index is 12.6. The number of pyridine rings is 1. The van der Waals surface area contributed by atoms with Crippen LogP contribution in [0.4, 0.5) is 0 Å². The summed E-state index contributed by atoms with van der Waals surface area (Å²) in [6.07, 6.45) is 3.11. The number of nitrogens with zero attached hydrogens (tertiary/aromatic N) is 2. The van der Waals surface area contributed by atoms with Crippen molar-refractivity contribution >= 4 is 11.6 Å². The van der Waals surface area contributed by atoms with E-state index in [2.05, 4.69) is 10.3 Å². The molecule has 2 aromatic heterocycles. The smallest absolute Gasteiger partial charge is 0.270 e. The van der Waals surface area contributed by atoms with Crippen LogP contribution in [0.25, 0.3) is 5.65 Å². The third-order valence-electron chi connectivity index (χ3n) is 4.19. The lowest BCUT2D eigenvalue weighted by molar-refractivity contribution is 0.0938. The van der Waals surface area contributed by atoms with E-state index in [1.54, 1.807) is 12.3 Å². The van der Waals surface area contributed by atoms with Crippen LogP contribution in [0.3, 0.4) is 0 Å². The Labute approximate surface area is 157 Å². The molecule has 0 saturated heterocycles. The lowest BCUT2D eigenvalue weighted by Gasteiger charge is -2.16. The zero-order chi connectivity index (χ0) is 19.6. The van der Waals surface area contributed by atoms with E-state index in [1.165, 1.54) is 10.6 Å². The van der Waals surface area contributed by atoms with Crippen LogP contribution in [0.1, 0.15) is 48.3 Å². The fourth-order valence-corrected chi connectivity index (χ4v) is 2.80. The summed E-state index contributed by atoms with van der Waals surface area (Å²) in [6, 6.07) is 10.9. The average molecular weight is 365 g/mol. The molecule has 3 aromatic rings. The van der Waals surface area contributed by atoms with E-state index in [0.717, 1.165) is 16.9 Å². The highest BCUT2D eigenvalue weighted by Crippen LogP contribution is 2.18. The van der Waals surface area contributed by atoms with Gasteiger partial charge < -0.3 is 10.1 Å². The van der Waals surface area contributed by atoms with Crippen LogP contribution in [0.5, 0.6) is 5.75 Å². The van der Waals surface area contributed by atoms with E-state index < -0.39 is 5.91 Å². The molecule has 0 fully saturated rings. The van der Waals surface area contributed by atoms with E-state index in [0.29, 0.717) is 5.65 Å². The molecular weight excluding hydrogens is 342 g/mol. The van der Waals surface area contributed by atoms with E-state index in [4.69, 9.17) is 4.74 Å². The number of ether oxygens (including phenoxy) is 1. The number of hydrogen-bond donors (Lipinski definition) is 1. The molecule has 1 unspecified atom stereocenters. The predicted octanol–water partition coefficient (Wildman–Crippen LogP) is 3.28. The van der Waals surface area contributed by atoms with E-state index in [-0.39, 0.29) is 23.3 Å². The lowest BCUT2D eigenvalue weighted by Crippen LogP contribution is -2.33. The molecular formula is C21H23N3O3. The summed E-state index contributed by atoms with van der Waals surface area (Å²) in [5.74, 6) is 0.332. The van der Waals surface area contributed by atoms with Gasteiger partial charge in [-0.25, -0.2) is 4.98 Å². The van der Waals surface area contributed by atoms with Crippen LogP contribution in [-0.4, -0.2) is 21.4 Å². The Morgan fingerprint density at radius 1 is 1.11 bits per heavy atom. The standard InChI is InChI=1S/C21H23N3O3/c1-13(2)27-17-8-6-16(7-9-17)15(4)23-20(25)18-11-22-19-10-5-14(3)12-24(19)21(18)26/h5-13,15H,1-4H3,(H,23,25). The fourth-order valence-electron chi connectivity index (χ4n) is 2.80. The van der Waals surface area contributed by atoms with Gasteiger partial charge in [0.1, 0.15) is 17.0 Å². The molecule has 6 nitrogen and oxygen atoms in total. The van der Waals surface area contributed by atoms with Crippen LogP contribution < -0.4 is 15.6 Å². The second-order valence-electron chi connectivity index (χ2n) is 6.84. The summed E-state index contributed by atoms with van der Waals surface area (Å²) in [7, 11) is 0. The molecule has 1 N–H and O–H groups in total. The minimum atomic E-state index is -0.446. The van der Waals surface area contributed by atoms with Gasteiger partial charge in [-0.05, 0) is 57.0 Å². The van der Waals surface area contributed by atoms with Gasteiger partial charge in [0.15, 0.2) is 0 Å². The molecule has 1 aromatic carbocycles. The van der Waals surface area contributed by atoms with Crippen LogP contribution in [0, 0.1) is 6.92 Å². The second-order valence-corrected chi connectivity index (χ2v) is 6.84. The molecule has 0 bridgehead atoms. The van der Waals surface area contributed by atoms with Crippen LogP contribution >= 0.6 is 0 Å². The number of aromatic nitrogens is 2. The maximum Gasteiger partial charge on any atom is 0.270 e. The molecule has 0 aliphatic rings. The predicted molar refractivity (Wildman–Crippen MR) is 104 cm³/mol. The molecule has 0 radical (unpaired) electrons. The van der Waals surface area contributed by atoms with Gasteiger partial charge in [0.05, 0.1) is 12.1 Å². The summed E-state index contributed by atoms with van der Waals surface area (Å²) in [5.41, 5.74) is 1.99. The SMILES string of the molecule is Cc1ccc2ncc(C(=O)NC(C)c3ccc(OC(C)C)cc3)c(=O)n2c1. The van der Waals surface area contributed by atoms with Gasteiger partial charge in [0.2, 0.25) is 0 Å². The number of carbonyl (C=O) groups excluding carboxylic acids is 1. The lowest BCUT2D eigenvalue weighted by atomic mass is 10.1. The molecule has 0 spiro atoms. The molecule has 140 valence electrons. The number of nitrogens with one attached hydrogen (secondary N) is 1. The first-order valence-corrected chi connectivity index (χ1v) is 8.90. The van der Waals surface area contributed by atoms with Crippen molar-refractivity contribution in [2.45, 2.75) is 39.8 Å². The summed E-state index contributed by atoms with van der Waals surface area (Å²) in [5, 5.41) is 2.86. The Balaban J connectivity index is 1.79. The number of rotatable bonds is 5. The van der Waals surface area contributed by atoms with Gasteiger partial charge >= 0.3 is 0 Å². The second kappa shape index (κ2) is 7.61. The Hall–Kier alpha value is -3.15. The van der Waals surface area contributed by atoms with Crippen LogP contribution in [0.15, 0.2) is 53.6 Å². The van der Waals surface area contributed by atoms with Crippen molar-refractivity contribution in [2.75, 3.05) is 0 Å². The number of fused-ring (bicyclic) bond motifs is 1. The first-order valence-electron chi connectivity index (χ1n) is 8.90. The van der Waals surface area contributed by atoms with Gasteiger partial charge in [-0.2, -0.15) is 0 Å². The Morgan fingerprint density at radius 3 is 2.48 bits per heavy atom. The minimum absolute atomic E-state index is 0.0183. The van der Waals surface area contributed by atoms with Crippen molar-refractivity contribution < 1.29 is 9.53 Å². The van der Waals surface area contributed by atoms with Crippen molar-refractivity contribution in [1.29, 1.82) is 0 Å². The van der Waals surface area contributed by atoms with Crippen molar-refractivity contribution in [2.24, 2.45) is 0 Å². The first kappa shape index (κ1) is 18.6. The number of benzene rings is 1. The largest absolute Gasteiger partial charge is 0.491 e. The van der Waals surface area contributed by atoms with Gasteiger partial charge in [-0.15, -0.1) is 0 Å². The number of aryl methyl sites for hydroxylation is 1. The van der Waals surface area contributed by atoms with Gasteiger partial charge in [0.25, 0.3) is 11.5 Å². The molecule has 2 heterocycles. The van der Waals surface area contributed by atoms with Crippen molar-refractivity contribution in [3.8, 4) is 5.75 Å². The van der Waals surface area contributed by atoms with Crippen LogP contribution in [0.2, 0.25) is 0 Å². The van der Waals surface area contributed by atoms with E-state index >= 15 is 0 Å². The molecule has 3 rings (SSSR count). The average Bonchev–Trinajstić information content (AvgIpc) is 2.62. The molecule has 0 aliphatic carbocycles. The molecule has 6 heteroatoms. The topological polar surface area (TPSA) is 72.7 Å². The van der Waals surface area contributed by atoms with Gasteiger partial charge in [-0.1, -0.05) is 18.2 Å². The van der Waals surface area contributed by atoms with Crippen LogP contribution in [-0.2, 0) is 0 Å². The normalized spacial score (nSPS) is 12.2. The van der Waals surface area contributed by atoms with Crippen molar-refractivity contribution in [3.05, 3.63) is 75.8 Å². The summed E-state index contributed by atoms with van der Waals surface area (Å²) >= 11 is 0. The molecule has 1 atom stereocenters. The highest BCUT2D eigenvalue weighted by molar-refractivity contribution is 5.94. The van der Waals surface area contributed by atoms with Crippen molar-refractivity contribution in [3.63, 3.8) is 0 Å². The monoisotopic (exact) mass is 365 g/mol. The maximum atomic E-state index is 12.6. The zero-order valence-electron chi connectivity index (χ0n) is 15.9. The molecule has 0 aliphatic heterocycles. The number of amides is 1. The fraction of sp³-hybridized carbons (Fsp3) is 0.286. The third-order valence-corrected chi connectivity index (χ3v) is 4.19. The zero-order valence-corrected chi connectivity index (χ0v) is 15.9. The Bertz CT molecular complexity index is 1020. The number of carbonyl (C=O) groups is 1. The number of hydrogen-bond acceptors (Lipinski definition) is 4. The Kier molecular flexibility index (Phi) is 5.26. The van der Waals surface area contributed by atoms with E-state index in [9.17, 15) is 9.59 Å². The van der Waals surface area contributed by atoms with Gasteiger partial charge in [-0.3, -0.25) is 14.0 Å². The summed E-state index contributed by atoms with van der Waals surface area (Å²) in [6.45, 7) is 7.68. The highest BCUT2D eigenvalue weighted by atomic mass is 16.5. The third kappa shape index (κ3) is 4.16. The van der Waals surface area contributed by atoms with Gasteiger partial charge in [0, 0.05) is 12.4 Å². The molecule has 27 heavy (non-hydrogen) atoms.